The lowest BCUT2D eigenvalue weighted by Crippen LogP contribution is -2.13. The summed E-state index contributed by atoms with van der Waals surface area (Å²) < 4.78 is 43.2. The van der Waals surface area contributed by atoms with Crippen LogP contribution in [0.3, 0.4) is 0 Å². The summed E-state index contributed by atoms with van der Waals surface area (Å²) in [6.07, 6.45) is 2.92. The Labute approximate surface area is 162 Å². The van der Waals surface area contributed by atoms with Crippen molar-refractivity contribution in [2.75, 3.05) is 0 Å². The van der Waals surface area contributed by atoms with Gasteiger partial charge in [0.1, 0.15) is 11.5 Å². The van der Waals surface area contributed by atoms with E-state index in [2.05, 4.69) is 25.3 Å². The SMILES string of the molecule is Cc1cc(-c2c(-c3ccc(F)cn3)nn3c2C[C@@]2(C3)CC2(F)F)c2cn[nH]c2n1. The van der Waals surface area contributed by atoms with Gasteiger partial charge in [-0.2, -0.15) is 10.2 Å². The fourth-order valence-electron chi connectivity index (χ4n) is 4.46. The third-order valence-electron chi connectivity index (χ3n) is 6.02. The molecular formula is C20H15F3N6. The maximum Gasteiger partial charge on any atom is 0.256 e. The molecule has 1 aliphatic heterocycles. The van der Waals surface area contributed by atoms with E-state index in [0.29, 0.717) is 17.0 Å². The van der Waals surface area contributed by atoms with Crippen LogP contribution in [0, 0.1) is 18.2 Å². The molecule has 6 nitrogen and oxygen atoms in total. The van der Waals surface area contributed by atoms with E-state index in [0.717, 1.165) is 34.1 Å². The second kappa shape index (κ2) is 5.22. The van der Waals surface area contributed by atoms with Crippen LogP contribution in [0.15, 0.2) is 30.6 Å². The van der Waals surface area contributed by atoms with Gasteiger partial charge in [0.15, 0.2) is 5.65 Å². The second-order valence-electron chi connectivity index (χ2n) is 7.97. The third-order valence-corrected chi connectivity index (χ3v) is 6.02. The first-order chi connectivity index (χ1) is 13.9. The zero-order chi connectivity index (χ0) is 20.0. The van der Waals surface area contributed by atoms with Crippen LogP contribution < -0.4 is 0 Å². The van der Waals surface area contributed by atoms with Gasteiger partial charge in [0.2, 0.25) is 0 Å². The molecule has 1 atom stereocenters. The quantitative estimate of drug-likeness (QED) is 0.558. The number of aromatic amines is 1. The molecule has 5 heterocycles. The summed E-state index contributed by atoms with van der Waals surface area (Å²) in [5.41, 5.74) is 3.66. The van der Waals surface area contributed by atoms with Crippen LogP contribution in [-0.2, 0) is 13.0 Å². The first-order valence-corrected chi connectivity index (χ1v) is 9.27. The first-order valence-electron chi connectivity index (χ1n) is 9.27. The van der Waals surface area contributed by atoms with Crippen molar-refractivity contribution in [3.05, 3.63) is 47.8 Å². The van der Waals surface area contributed by atoms with E-state index in [9.17, 15) is 13.2 Å². The molecule has 6 rings (SSSR count). The molecule has 2 aliphatic rings. The Balaban J connectivity index is 1.62. The summed E-state index contributed by atoms with van der Waals surface area (Å²) in [5.74, 6) is -3.12. The molecule has 0 unspecified atom stereocenters. The highest BCUT2D eigenvalue weighted by molar-refractivity contribution is 5.97. The van der Waals surface area contributed by atoms with Crippen molar-refractivity contribution in [3.8, 4) is 22.5 Å². The van der Waals surface area contributed by atoms with Crippen molar-refractivity contribution < 1.29 is 13.2 Å². The van der Waals surface area contributed by atoms with Gasteiger partial charge >= 0.3 is 0 Å². The Morgan fingerprint density at radius 3 is 2.76 bits per heavy atom. The van der Waals surface area contributed by atoms with Gasteiger partial charge in [-0.1, -0.05) is 0 Å². The molecule has 0 aromatic carbocycles. The lowest BCUT2D eigenvalue weighted by Gasteiger charge is -2.10. The number of nitrogens with zero attached hydrogens (tertiary/aromatic N) is 5. The largest absolute Gasteiger partial charge is 0.267 e. The summed E-state index contributed by atoms with van der Waals surface area (Å²) in [7, 11) is 0. The van der Waals surface area contributed by atoms with Crippen molar-refractivity contribution >= 4 is 11.0 Å². The summed E-state index contributed by atoms with van der Waals surface area (Å²) in [6.45, 7) is 2.03. The van der Waals surface area contributed by atoms with E-state index in [1.165, 1.54) is 6.07 Å². The molecule has 0 radical (unpaired) electrons. The number of alkyl halides is 2. The first kappa shape index (κ1) is 16.7. The Morgan fingerprint density at radius 2 is 2.03 bits per heavy atom. The van der Waals surface area contributed by atoms with E-state index >= 15 is 0 Å². The van der Waals surface area contributed by atoms with Crippen LogP contribution in [0.1, 0.15) is 17.8 Å². The highest BCUT2D eigenvalue weighted by Gasteiger charge is 2.73. The number of nitrogens with one attached hydrogen (secondary N) is 1. The van der Waals surface area contributed by atoms with Crippen LogP contribution >= 0.6 is 0 Å². The van der Waals surface area contributed by atoms with Crippen LogP contribution in [0.5, 0.6) is 0 Å². The van der Waals surface area contributed by atoms with Gasteiger partial charge < -0.3 is 0 Å². The molecule has 4 aromatic rings. The van der Waals surface area contributed by atoms with Crippen molar-refractivity contribution in [1.29, 1.82) is 0 Å². The van der Waals surface area contributed by atoms with Gasteiger partial charge in [0.25, 0.3) is 5.92 Å². The smallest absolute Gasteiger partial charge is 0.256 e. The minimum Gasteiger partial charge on any atom is -0.267 e. The molecule has 4 aromatic heterocycles. The molecule has 146 valence electrons. The molecule has 1 spiro atoms. The molecule has 29 heavy (non-hydrogen) atoms. The van der Waals surface area contributed by atoms with Crippen molar-refractivity contribution in [1.82, 2.24) is 29.9 Å². The molecule has 0 amide bonds. The van der Waals surface area contributed by atoms with E-state index in [-0.39, 0.29) is 19.4 Å². The second-order valence-corrected chi connectivity index (χ2v) is 7.97. The standard InChI is InChI=1S/C20H15F3N6/c1-10-4-12(13-7-25-27-18(13)26-10)16-15-5-19(8-20(19,22)23)9-29(15)28-17(16)14-3-2-11(21)6-24-14/h2-4,6-7H,5,8-9H2,1H3,(H,25,26,27)/t19-/m0/s1. The zero-order valence-electron chi connectivity index (χ0n) is 15.4. The number of rotatable bonds is 2. The zero-order valence-corrected chi connectivity index (χ0v) is 15.4. The number of aromatic nitrogens is 6. The number of hydrogen-bond donors (Lipinski definition) is 1. The molecule has 1 fully saturated rings. The van der Waals surface area contributed by atoms with Gasteiger partial charge in [-0.25, -0.2) is 18.2 Å². The highest BCUT2D eigenvalue weighted by atomic mass is 19.3. The molecule has 1 saturated carbocycles. The van der Waals surface area contributed by atoms with Gasteiger partial charge in [-0.15, -0.1) is 0 Å². The van der Waals surface area contributed by atoms with E-state index in [1.54, 1.807) is 16.9 Å². The number of halogens is 3. The van der Waals surface area contributed by atoms with Gasteiger partial charge in [0, 0.05) is 40.7 Å². The van der Waals surface area contributed by atoms with Gasteiger partial charge in [-0.05, 0) is 25.1 Å². The molecule has 1 aliphatic carbocycles. The molecule has 0 bridgehead atoms. The van der Waals surface area contributed by atoms with E-state index in [4.69, 9.17) is 0 Å². The van der Waals surface area contributed by atoms with Crippen molar-refractivity contribution in [2.24, 2.45) is 5.41 Å². The average Bonchev–Trinajstić information content (AvgIpc) is 3.11. The average molecular weight is 396 g/mol. The summed E-state index contributed by atoms with van der Waals surface area (Å²) in [5, 5.41) is 12.4. The maximum absolute atomic E-state index is 14.1. The topological polar surface area (TPSA) is 72.3 Å². The fraction of sp³-hybridized carbons (Fsp3) is 0.300. The predicted octanol–water partition coefficient (Wildman–Crippen LogP) is 3.91. The van der Waals surface area contributed by atoms with Crippen LogP contribution in [-0.4, -0.2) is 35.9 Å². The summed E-state index contributed by atoms with van der Waals surface area (Å²) in [4.78, 5) is 8.63. The van der Waals surface area contributed by atoms with Crippen molar-refractivity contribution in [3.63, 3.8) is 0 Å². The lowest BCUT2D eigenvalue weighted by molar-refractivity contribution is 0.0630. The van der Waals surface area contributed by atoms with Crippen LogP contribution in [0.4, 0.5) is 13.2 Å². The van der Waals surface area contributed by atoms with Crippen molar-refractivity contribution in [2.45, 2.75) is 32.2 Å². The number of fused-ring (bicyclic) bond motifs is 2. The number of H-pyrrole nitrogens is 1. The maximum atomic E-state index is 14.1. The minimum absolute atomic E-state index is 0.122. The predicted molar refractivity (Wildman–Crippen MR) is 98.7 cm³/mol. The Kier molecular flexibility index (Phi) is 3.01. The van der Waals surface area contributed by atoms with Crippen LogP contribution in [0.2, 0.25) is 0 Å². The number of pyridine rings is 2. The number of hydrogen-bond acceptors (Lipinski definition) is 4. The lowest BCUT2D eigenvalue weighted by atomic mass is 9.94. The normalized spacial score (nSPS) is 21.8. The summed E-state index contributed by atoms with van der Waals surface area (Å²) >= 11 is 0. The van der Waals surface area contributed by atoms with Gasteiger partial charge in [-0.3, -0.25) is 14.8 Å². The molecule has 0 saturated heterocycles. The van der Waals surface area contributed by atoms with Gasteiger partial charge in [0.05, 0.1) is 30.0 Å². The third kappa shape index (κ3) is 2.24. The molecular weight excluding hydrogens is 381 g/mol. The van der Waals surface area contributed by atoms with E-state index < -0.39 is 17.2 Å². The van der Waals surface area contributed by atoms with Crippen LogP contribution in [0.25, 0.3) is 33.5 Å². The monoisotopic (exact) mass is 396 g/mol. The summed E-state index contributed by atoms with van der Waals surface area (Å²) in [6, 6.07) is 4.77. The Bertz CT molecular complexity index is 1290. The highest BCUT2D eigenvalue weighted by Crippen LogP contribution is 2.66. The molecule has 9 heteroatoms. The van der Waals surface area contributed by atoms with E-state index in [1.807, 2.05) is 13.0 Å². The Hall–Kier alpha value is -3.23. The Morgan fingerprint density at radius 1 is 1.21 bits per heavy atom. The minimum atomic E-state index is -2.67. The molecule has 1 N–H and O–H groups in total. The fourth-order valence-corrected chi connectivity index (χ4v) is 4.46. The number of aryl methyl sites for hydroxylation is 1.